The number of aliphatic hydroxyl groups excluding tert-OH is 1. The van der Waals surface area contributed by atoms with Crippen molar-refractivity contribution in [1.82, 2.24) is 15.1 Å². The second-order valence-corrected chi connectivity index (χ2v) is 7.44. The van der Waals surface area contributed by atoms with Gasteiger partial charge in [0.25, 0.3) is 0 Å². The molecule has 4 fully saturated rings. The molecule has 5 rings (SSSR count). The summed E-state index contributed by atoms with van der Waals surface area (Å²) in [7, 11) is 0. The van der Waals surface area contributed by atoms with E-state index in [4.69, 9.17) is 0 Å². The first-order valence-electron chi connectivity index (χ1n) is 8.19. The third-order valence-electron chi connectivity index (χ3n) is 5.74. The molecule has 3 unspecified atom stereocenters. The highest BCUT2D eigenvalue weighted by atomic mass is 19.1. The van der Waals surface area contributed by atoms with Crippen molar-refractivity contribution < 1.29 is 9.50 Å². The highest BCUT2D eigenvalue weighted by Crippen LogP contribution is 2.57. The van der Waals surface area contributed by atoms with Crippen LogP contribution >= 0.6 is 0 Å². The third-order valence-corrected chi connectivity index (χ3v) is 5.74. The summed E-state index contributed by atoms with van der Waals surface area (Å²) in [5.41, 5.74) is -0.873. The topological polar surface area (TPSA) is 50.1 Å². The summed E-state index contributed by atoms with van der Waals surface area (Å²) in [5, 5.41) is 17.8. The summed E-state index contributed by atoms with van der Waals surface area (Å²) in [6.45, 7) is 1.08. The fourth-order valence-corrected chi connectivity index (χ4v) is 5.22. The molecule has 4 aliphatic carbocycles. The van der Waals surface area contributed by atoms with Gasteiger partial charge in [-0.3, -0.25) is 4.68 Å². The molecule has 1 aromatic heterocycles. The lowest BCUT2D eigenvalue weighted by Crippen LogP contribution is -2.60. The molecule has 0 aromatic carbocycles. The first kappa shape index (κ1) is 13.7. The van der Waals surface area contributed by atoms with Gasteiger partial charge in [0.1, 0.15) is 5.67 Å². The molecule has 4 saturated carbocycles. The first-order valence-corrected chi connectivity index (χ1v) is 8.19. The molecule has 1 aromatic rings. The van der Waals surface area contributed by atoms with Crippen LogP contribution in [0.5, 0.6) is 0 Å². The number of hydrogen-bond acceptors (Lipinski definition) is 3. The van der Waals surface area contributed by atoms with Gasteiger partial charge in [0.05, 0.1) is 12.6 Å². The standard InChI is InChI=1S/C16H24FN3O/c17-16-6-11-4-12(7-16)15(13(5-11)8-16)18-9-14(21)10-20-3-1-2-19-20/h1-3,11-15,18,21H,4-10H2. The van der Waals surface area contributed by atoms with Gasteiger partial charge in [-0.25, -0.2) is 4.39 Å². The summed E-state index contributed by atoms with van der Waals surface area (Å²) in [5.74, 6) is 1.55. The molecular weight excluding hydrogens is 269 g/mol. The van der Waals surface area contributed by atoms with Gasteiger partial charge in [-0.05, 0) is 55.9 Å². The monoisotopic (exact) mass is 293 g/mol. The van der Waals surface area contributed by atoms with Gasteiger partial charge < -0.3 is 10.4 Å². The molecule has 3 atom stereocenters. The van der Waals surface area contributed by atoms with Crippen LogP contribution in [0.3, 0.4) is 0 Å². The summed E-state index contributed by atoms with van der Waals surface area (Å²) in [6, 6.07) is 2.26. The van der Waals surface area contributed by atoms with E-state index < -0.39 is 11.8 Å². The number of halogens is 1. The van der Waals surface area contributed by atoms with E-state index in [9.17, 15) is 9.50 Å². The van der Waals surface area contributed by atoms with E-state index in [0.29, 0.717) is 36.9 Å². The van der Waals surface area contributed by atoms with Gasteiger partial charge in [-0.1, -0.05) is 0 Å². The zero-order valence-electron chi connectivity index (χ0n) is 12.3. The van der Waals surface area contributed by atoms with Gasteiger partial charge in [0.2, 0.25) is 0 Å². The van der Waals surface area contributed by atoms with Crippen molar-refractivity contribution in [2.24, 2.45) is 17.8 Å². The van der Waals surface area contributed by atoms with Crippen LogP contribution in [-0.4, -0.2) is 39.2 Å². The Hall–Kier alpha value is -0.940. The number of rotatable bonds is 5. The molecule has 116 valence electrons. The molecule has 0 radical (unpaired) electrons. The van der Waals surface area contributed by atoms with Gasteiger partial charge in [0.15, 0.2) is 0 Å². The van der Waals surface area contributed by atoms with Crippen molar-refractivity contribution in [3.8, 4) is 0 Å². The van der Waals surface area contributed by atoms with E-state index in [1.54, 1.807) is 10.9 Å². The Labute approximate surface area is 124 Å². The van der Waals surface area contributed by atoms with Gasteiger partial charge in [-0.2, -0.15) is 5.10 Å². The van der Waals surface area contributed by atoms with E-state index in [2.05, 4.69) is 10.4 Å². The Morgan fingerprint density at radius 3 is 2.71 bits per heavy atom. The summed E-state index contributed by atoms with van der Waals surface area (Å²) < 4.78 is 16.4. The normalized spacial score (nSPS) is 42.4. The molecule has 4 nitrogen and oxygen atoms in total. The van der Waals surface area contributed by atoms with E-state index in [1.165, 1.54) is 12.8 Å². The predicted octanol–water partition coefficient (Wildman–Crippen LogP) is 1.75. The number of aromatic nitrogens is 2. The molecule has 0 amide bonds. The fraction of sp³-hybridized carbons (Fsp3) is 0.812. The lowest BCUT2D eigenvalue weighted by Gasteiger charge is -2.57. The zero-order chi connectivity index (χ0) is 14.4. The smallest absolute Gasteiger partial charge is 0.112 e. The van der Waals surface area contributed by atoms with E-state index in [0.717, 1.165) is 19.3 Å². The van der Waals surface area contributed by atoms with Crippen LogP contribution in [0.25, 0.3) is 0 Å². The van der Waals surface area contributed by atoms with Crippen LogP contribution in [0.4, 0.5) is 4.39 Å². The van der Waals surface area contributed by atoms with Crippen LogP contribution in [0.15, 0.2) is 18.5 Å². The molecule has 4 bridgehead atoms. The molecule has 0 saturated heterocycles. The Balaban J connectivity index is 1.33. The number of aliphatic hydroxyl groups is 1. The van der Waals surface area contributed by atoms with Gasteiger partial charge >= 0.3 is 0 Å². The second-order valence-electron chi connectivity index (χ2n) is 7.44. The maximum Gasteiger partial charge on any atom is 0.112 e. The van der Waals surface area contributed by atoms with Crippen LogP contribution in [-0.2, 0) is 6.54 Å². The zero-order valence-corrected chi connectivity index (χ0v) is 12.3. The minimum Gasteiger partial charge on any atom is -0.390 e. The lowest BCUT2D eigenvalue weighted by molar-refractivity contribution is -0.0941. The quantitative estimate of drug-likeness (QED) is 0.869. The average Bonchev–Trinajstić information content (AvgIpc) is 2.88. The minimum atomic E-state index is -0.873. The third kappa shape index (κ3) is 2.61. The van der Waals surface area contributed by atoms with E-state index >= 15 is 0 Å². The maximum absolute atomic E-state index is 14.6. The second kappa shape index (κ2) is 5.06. The molecule has 5 heteroatoms. The van der Waals surface area contributed by atoms with Crippen molar-refractivity contribution in [2.45, 2.75) is 56.5 Å². The van der Waals surface area contributed by atoms with Gasteiger partial charge in [0, 0.05) is 25.0 Å². The van der Waals surface area contributed by atoms with E-state index in [-0.39, 0.29) is 0 Å². The molecule has 4 aliphatic rings. The van der Waals surface area contributed by atoms with Crippen molar-refractivity contribution in [3.05, 3.63) is 18.5 Å². The number of hydrogen-bond donors (Lipinski definition) is 2. The SMILES string of the molecule is OC(CNC1C2CC3CC1CC(F)(C3)C2)Cn1cccn1. The molecule has 1 heterocycles. The lowest BCUT2D eigenvalue weighted by atomic mass is 9.53. The van der Waals surface area contributed by atoms with Crippen molar-refractivity contribution in [1.29, 1.82) is 0 Å². The predicted molar refractivity (Wildman–Crippen MR) is 77.4 cm³/mol. The Morgan fingerprint density at radius 2 is 2.10 bits per heavy atom. The molecule has 0 spiro atoms. The van der Waals surface area contributed by atoms with Crippen LogP contribution < -0.4 is 5.32 Å². The minimum absolute atomic E-state index is 0.401. The van der Waals surface area contributed by atoms with E-state index in [1.807, 2.05) is 12.3 Å². The summed E-state index contributed by atoms with van der Waals surface area (Å²) in [6.07, 6.45) is 7.75. The highest BCUT2D eigenvalue weighted by molar-refractivity contribution is 5.08. The first-order chi connectivity index (χ1) is 10.1. The number of alkyl halides is 1. The fourth-order valence-electron chi connectivity index (χ4n) is 5.22. The number of nitrogens with one attached hydrogen (secondary N) is 1. The summed E-state index contributed by atoms with van der Waals surface area (Å²) >= 11 is 0. The molecule has 2 N–H and O–H groups in total. The van der Waals surface area contributed by atoms with Crippen molar-refractivity contribution in [3.63, 3.8) is 0 Å². The Kier molecular flexibility index (Phi) is 3.30. The Morgan fingerprint density at radius 1 is 1.33 bits per heavy atom. The van der Waals surface area contributed by atoms with Crippen molar-refractivity contribution in [2.75, 3.05) is 6.54 Å². The van der Waals surface area contributed by atoms with Crippen LogP contribution in [0.1, 0.15) is 32.1 Å². The van der Waals surface area contributed by atoms with Crippen LogP contribution in [0, 0.1) is 17.8 Å². The Bertz CT molecular complexity index is 476. The summed E-state index contributed by atoms with van der Waals surface area (Å²) in [4.78, 5) is 0. The highest BCUT2D eigenvalue weighted by Gasteiger charge is 2.55. The van der Waals surface area contributed by atoms with Crippen LogP contribution in [0.2, 0.25) is 0 Å². The molecule has 21 heavy (non-hydrogen) atoms. The molecule has 0 aliphatic heterocycles. The van der Waals surface area contributed by atoms with Gasteiger partial charge in [-0.15, -0.1) is 0 Å². The largest absolute Gasteiger partial charge is 0.390 e. The maximum atomic E-state index is 14.6. The van der Waals surface area contributed by atoms with Crippen molar-refractivity contribution >= 4 is 0 Å². The average molecular weight is 293 g/mol. The number of nitrogens with zero attached hydrogens (tertiary/aromatic N) is 2. The molecular formula is C16H24FN3O.